The Morgan fingerprint density at radius 1 is 0.682 bits per heavy atom. The molecule has 0 aliphatic rings. The number of halogens is 1. The first-order chi connectivity index (χ1) is 10.7. The summed E-state index contributed by atoms with van der Waals surface area (Å²) in [6, 6.07) is 24.0. The maximum absolute atomic E-state index is 10.6. The summed E-state index contributed by atoms with van der Waals surface area (Å²) in [7, 11) is 0. The van der Waals surface area contributed by atoms with Gasteiger partial charge in [0.2, 0.25) is 0 Å². The van der Waals surface area contributed by atoms with E-state index in [-0.39, 0.29) is 0 Å². The highest BCUT2D eigenvalue weighted by Crippen LogP contribution is 2.44. The SMILES string of the molecule is Oc1c(Sc2ccccc2)cc(Br)cc1Sc1ccccc1. The van der Waals surface area contributed by atoms with E-state index in [1.54, 1.807) is 23.5 Å². The average molecular weight is 389 g/mol. The molecule has 0 aromatic heterocycles. The van der Waals surface area contributed by atoms with E-state index in [4.69, 9.17) is 0 Å². The minimum absolute atomic E-state index is 0.325. The van der Waals surface area contributed by atoms with Crippen LogP contribution in [-0.2, 0) is 0 Å². The van der Waals surface area contributed by atoms with Crippen LogP contribution in [-0.4, -0.2) is 5.11 Å². The molecule has 0 bridgehead atoms. The first kappa shape index (κ1) is 15.5. The summed E-state index contributed by atoms with van der Waals surface area (Å²) in [6.07, 6.45) is 0. The van der Waals surface area contributed by atoms with E-state index in [0.717, 1.165) is 24.1 Å². The molecule has 0 fully saturated rings. The molecule has 22 heavy (non-hydrogen) atoms. The van der Waals surface area contributed by atoms with Gasteiger partial charge in [-0.25, -0.2) is 0 Å². The highest BCUT2D eigenvalue weighted by molar-refractivity contribution is 9.10. The normalized spacial score (nSPS) is 10.6. The Labute approximate surface area is 146 Å². The maximum atomic E-state index is 10.6. The molecule has 0 saturated heterocycles. The maximum Gasteiger partial charge on any atom is 0.143 e. The molecule has 0 saturated carbocycles. The van der Waals surface area contributed by atoms with Crippen LogP contribution in [0.4, 0.5) is 0 Å². The smallest absolute Gasteiger partial charge is 0.143 e. The molecule has 0 aliphatic carbocycles. The summed E-state index contributed by atoms with van der Waals surface area (Å²) >= 11 is 6.66. The average Bonchev–Trinajstić information content (AvgIpc) is 2.54. The molecule has 0 aliphatic heterocycles. The van der Waals surface area contributed by atoms with Crippen LogP contribution >= 0.6 is 39.5 Å². The van der Waals surface area contributed by atoms with Crippen molar-refractivity contribution in [2.24, 2.45) is 0 Å². The van der Waals surface area contributed by atoms with Crippen LogP contribution in [0, 0.1) is 0 Å². The van der Waals surface area contributed by atoms with Gasteiger partial charge in [-0.05, 0) is 36.4 Å². The van der Waals surface area contributed by atoms with Gasteiger partial charge in [-0.2, -0.15) is 0 Å². The van der Waals surface area contributed by atoms with Gasteiger partial charge >= 0.3 is 0 Å². The molecule has 0 radical (unpaired) electrons. The quantitative estimate of drug-likeness (QED) is 0.553. The van der Waals surface area contributed by atoms with Crippen molar-refractivity contribution in [3.05, 3.63) is 77.3 Å². The van der Waals surface area contributed by atoms with Gasteiger partial charge in [-0.15, -0.1) is 0 Å². The lowest BCUT2D eigenvalue weighted by atomic mass is 10.3. The lowest BCUT2D eigenvalue weighted by molar-refractivity contribution is 0.449. The fraction of sp³-hybridized carbons (Fsp3) is 0. The van der Waals surface area contributed by atoms with E-state index in [9.17, 15) is 5.11 Å². The van der Waals surface area contributed by atoms with Crippen molar-refractivity contribution in [2.75, 3.05) is 0 Å². The highest BCUT2D eigenvalue weighted by Gasteiger charge is 2.12. The number of benzene rings is 3. The molecular formula is C18H13BrOS2. The second-order valence-electron chi connectivity index (χ2n) is 4.58. The van der Waals surface area contributed by atoms with Gasteiger partial charge in [0.1, 0.15) is 5.75 Å². The molecule has 0 spiro atoms. The van der Waals surface area contributed by atoms with Crippen LogP contribution in [0.5, 0.6) is 5.75 Å². The van der Waals surface area contributed by atoms with Crippen molar-refractivity contribution in [1.82, 2.24) is 0 Å². The monoisotopic (exact) mass is 388 g/mol. The molecule has 0 unspecified atom stereocenters. The molecule has 3 aromatic carbocycles. The first-order valence-electron chi connectivity index (χ1n) is 6.71. The van der Waals surface area contributed by atoms with Crippen molar-refractivity contribution in [3.8, 4) is 5.75 Å². The summed E-state index contributed by atoms with van der Waals surface area (Å²) in [5, 5.41) is 10.6. The number of phenolic OH excluding ortho intramolecular Hbond substituents is 1. The topological polar surface area (TPSA) is 20.2 Å². The molecule has 1 nitrogen and oxygen atoms in total. The summed E-state index contributed by atoms with van der Waals surface area (Å²) < 4.78 is 0.960. The first-order valence-corrected chi connectivity index (χ1v) is 9.13. The van der Waals surface area contributed by atoms with E-state index in [1.165, 1.54) is 0 Å². The number of aromatic hydroxyl groups is 1. The summed E-state index contributed by atoms with van der Waals surface area (Å²) in [6.45, 7) is 0. The second kappa shape index (κ2) is 7.27. The Balaban J connectivity index is 1.92. The molecule has 3 aromatic rings. The lowest BCUT2D eigenvalue weighted by Gasteiger charge is -2.10. The van der Waals surface area contributed by atoms with Crippen molar-refractivity contribution in [3.63, 3.8) is 0 Å². The third kappa shape index (κ3) is 3.88. The largest absolute Gasteiger partial charge is 0.506 e. The molecule has 0 atom stereocenters. The van der Waals surface area contributed by atoms with Crippen LogP contribution in [0.15, 0.2) is 96.9 Å². The third-order valence-corrected chi connectivity index (χ3v) is 5.48. The van der Waals surface area contributed by atoms with Gasteiger partial charge in [0.15, 0.2) is 0 Å². The van der Waals surface area contributed by atoms with Gasteiger partial charge in [-0.3, -0.25) is 0 Å². The summed E-state index contributed by atoms with van der Waals surface area (Å²) in [4.78, 5) is 3.90. The number of rotatable bonds is 4. The highest BCUT2D eigenvalue weighted by atomic mass is 79.9. The predicted molar refractivity (Wildman–Crippen MR) is 96.9 cm³/mol. The minimum Gasteiger partial charge on any atom is -0.506 e. The van der Waals surface area contributed by atoms with Crippen molar-refractivity contribution in [2.45, 2.75) is 19.6 Å². The number of hydrogen-bond donors (Lipinski definition) is 1. The zero-order valence-corrected chi connectivity index (χ0v) is 14.8. The minimum atomic E-state index is 0.325. The van der Waals surface area contributed by atoms with Crippen LogP contribution in [0.25, 0.3) is 0 Å². The fourth-order valence-electron chi connectivity index (χ4n) is 1.94. The van der Waals surface area contributed by atoms with Crippen LogP contribution < -0.4 is 0 Å². The predicted octanol–water partition coefficient (Wildman–Crippen LogP) is 6.46. The van der Waals surface area contributed by atoms with Gasteiger partial charge in [0, 0.05) is 14.3 Å². The Hall–Kier alpha value is -1.36. The number of hydrogen-bond acceptors (Lipinski definition) is 3. The van der Waals surface area contributed by atoms with Gasteiger partial charge in [0.25, 0.3) is 0 Å². The number of phenols is 1. The lowest BCUT2D eigenvalue weighted by Crippen LogP contribution is -1.81. The summed E-state index contributed by atoms with van der Waals surface area (Å²) in [5.74, 6) is 0.325. The van der Waals surface area contributed by atoms with E-state index < -0.39 is 0 Å². The van der Waals surface area contributed by atoms with E-state index in [1.807, 2.05) is 72.8 Å². The molecule has 3 rings (SSSR count). The van der Waals surface area contributed by atoms with Crippen LogP contribution in [0.3, 0.4) is 0 Å². The Morgan fingerprint density at radius 3 is 1.50 bits per heavy atom. The molecule has 1 N–H and O–H groups in total. The Kier molecular flexibility index (Phi) is 5.13. The molecule has 0 heterocycles. The Bertz CT molecular complexity index is 698. The molecular weight excluding hydrogens is 376 g/mol. The standard InChI is InChI=1S/C18H13BrOS2/c19-13-11-16(21-14-7-3-1-4-8-14)18(20)17(12-13)22-15-9-5-2-6-10-15/h1-12,20H. The fourth-order valence-corrected chi connectivity index (χ4v) is 4.64. The van der Waals surface area contributed by atoms with E-state index in [2.05, 4.69) is 15.9 Å². The van der Waals surface area contributed by atoms with Gasteiger partial charge in [0.05, 0.1) is 9.79 Å². The van der Waals surface area contributed by atoms with Crippen molar-refractivity contribution in [1.29, 1.82) is 0 Å². The van der Waals surface area contributed by atoms with Crippen molar-refractivity contribution < 1.29 is 5.11 Å². The van der Waals surface area contributed by atoms with Crippen LogP contribution in [0.1, 0.15) is 0 Å². The Morgan fingerprint density at radius 2 is 1.09 bits per heavy atom. The van der Waals surface area contributed by atoms with Crippen molar-refractivity contribution >= 4 is 39.5 Å². The van der Waals surface area contributed by atoms with Crippen LogP contribution in [0.2, 0.25) is 0 Å². The second-order valence-corrected chi connectivity index (χ2v) is 7.73. The third-order valence-electron chi connectivity index (χ3n) is 2.95. The molecule has 0 amide bonds. The van der Waals surface area contributed by atoms with E-state index >= 15 is 0 Å². The van der Waals surface area contributed by atoms with Gasteiger partial charge < -0.3 is 5.11 Å². The van der Waals surface area contributed by atoms with Gasteiger partial charge in [-0.1, -0.05) is 75.9 Å². The van der Waals surface area contributed by atoms with E-state index in [0.29, 0.717) is 5.75 Å². The molecule has 4 heteroatoms. The molecule has 110 valence electrons. The zero-order valence-electron chi connectivity index (χ0n) is 11.6. The zero-order chi connectivity index (χ0) is 15.4. The summed E-state index contributed by atoms with van der Waals surface area (Å²) in [5.41, 5.74) is 0.